The van der Waals surface area contributed by atoms with Gasteiger partial charge >= 0.3 is 5.97 Å². The predicted molar refractivity (Wildman–Crippen MR) is 54.9 cm³/mol. The van der Waals surface area contributed by atoms with Gasteiger partial charge in [-0.2, -0.15) is 0 Å². The average molecular weight is 194 g/mol. The monoisotopic (exact) mass is 194 g/mol. The van der Waals surface area contributed by atoms with Gasteiger partial charge in [0.05, 0.1) is 0 Å². The average Bonchev–Trinajstić information content (AvgIpc) is 2.15. The molecule has 0 atom stereocenters. The maximum Gasteiger partial charge on any atom is 0.328 e. The van der Waals surface area contributed by atoms with Crippen LogP contribution in [0.3, 0.4) is 0 Å². The summed E-state index contributed by atoms with van der Waals surface area (Å²) in [4.78, 5) is 11.4. The highest BCUT2D eigenvalue weighted by molar-refractivity contribution is 7.98. The van der Waals surface area contributed by atoms with Gasteiger partial charge in [-0.3, -0.25) is 0 Å². The van der Waals surface area contributed by atoms with Gasteiger partial charge in [-0.25, -0.2) is 4.79 Å². The van der Waals surface area contributed by atoms with E-state index in [4.69, 9.17) is 5.11 Å². The van der Waals surface area contributed by atoms with E-state index in [-0.39, 0.29) is 0 Å². The van der Waals surface area contributed by atoms with Crippen molar-refractivity contribution in [1.29, 1.82) is 0 Å². The zero-order valence-corrected chi connectivity index (χ0v) is 8.04. The molecule has 1 aromatic carbocycles. The largest absolute Gasteiger partial charge is 0.478 e. The van der Waals surface area contributed by atoms with Crippen LogP contribution in [0.2, 0.25) is 0 Å². The molecule has 68 valence electrons. The SMILES string of the molecule is CSc1ccccc1/C=C/C(=O)O. The molecule has 1 aromatic rings. The fourth-order valence-corrected chi connectivity index (χ4v) is 1.55. The second-order valence-corrected chi connectivity index (χ2v) is 3.26. The third-order valence-corrected chi connectivity index (χ3v) is 2.36. The van der Waals surface area contributed by atoms with Gasteiger partial charge in [-0.05, 0) is 24.0 Å². The number of hydrogen-bond acceptors (Lipinski definition) is 2. The fraction of sp³-hybridized carbons (Fsp3) is 0.100. The van der Waals surface area contributed by atoms with E-state index in [9.17, 15) is 4.79 Å². The van der Waals surface area contributed by atoms with Crippen molar-refractivity contribution < 1.29 is 9.90 Å². The van der Waals surface area contributed by atoms with E-state index < -0.39 is 5.97 Å². The standard InChI is InChI=1S/C10H10O2S/c1-13-9-5-3-2-4-8(9)6-7-10(11)12/h2-7H,1H3,(H,11,12)/b7-6+. The van der Waals surface area contributed by atoms with Crippen LogP contribution in [0.25, 0.3) is 6.08 Å². The maximum atomic E-state index is 10.3. The van der Waals surface area contributed by atoms with E-state index in [1.54, 1.807) is 17.8 Å². The summed E-state index contributed by atoms with van der Waals surface area (Å²) < 4.78 is 0. The summed E-state index contributed by atoms with van der Waals surface area (Å²) >= 11 is 1.60. The highest BCUT2D eigenvalue weighted by Crippen LogP contribution is 2.20. The third kappa shape index (κ3) is 2.95. The van der Waals surface area contributed by atoms with Crippen LogP contribution in [0.1, 0.15) is 5.56 Å². The molecule has 2 nitrogen and oxygen atoms in total. The van der Waals surface area contributed by atoms with Crippen LogP contribution in [0.15, 0.2) is 35.2 Å². The Labute approximate surface area is 81.3 Å². The second-order valence-electron chi connectivity index (χ2n) is 2.41. The lowest BCUT2D eigenvalue weighted by Crippen LogP contribution is -1.86. The first kappa shape index (κ1) is 9.86. The Balaban J connectivity index is 2.93. The smallest absolute Gasteiger partial charge is 0.328 e. The molecule has 0 amide bonds. The number of carboxylic acids is 1. The van der Waals surface area contributed by atoms with Crippen LogP contribution in [0, 0.1) is 0 Å². The maximum absolute atomic E-state index is 10.3. The molecule has 0 aliphatic heterocycles. The van der Waals surface area contributed by atoms with Crippen LogP contribution in [0.5, 0.6) is 0 Å². The summed E-state index contributed by atoms with van der Waals surface area (Å²) in [7, 11) is 0. The van der Waals surface area contributed by atoms with Gasteiger partial charge in [0.2, 0.25) is 0 Å². The summed E-state index contributed by atoms with van der Waals surface area (Å²) in [6, 6.07) is 7.68. The lowest BCUT2D eigenvalue weighted by molar-refractivity contribution is -0.131. The molecule has 0 radical (unpaired) electrons. The number of carboxylic acid groups (broad SMARTS) is 1. The van der Waals surface area contributed by atoms with Crippen molar-refractivity contribution in [3.05, 3.63) is 35.9 Å². The van der Waals surface area contributed by atoms with E-state index in [0.29, 0.717) is 0 Å². The van der Waals surface area contributed by atoms with E-state index in [1.807, 2.05) is 30.5 Å². The van der Waals surface area contributed by atoms with Gasteiger partial charge in [0.25, 0.3) is 0 Å². The molecule has 0 aromatic heterocycles. The summed E-state index contributed by atoms with van der Waals surface area (Å²) in [6.07, 6.45) is 4.72. The van der Waals surface area contributed by atoms with Crippen molar-refractivity contribution >= 4 is 23.8 Å². The summed E-state index contributed by atoms with van der Waals surface area (Å²) in [5, 5.41) is 8.44. The highest BCUT2D eigenvalue weighted by atomic mass is 32.2. The number of carbonyl (C=O) groups is 1. The quantitative estimate of drug-likeness (QED) is 0.593. The first-order chi connectivity index (χ1) is 6.24. The van der Waals surface area contributed by atoms with Gasteiger partial charge in [0.1, 0.15) is 0 Å². The van der Waals surface area contributed by atoms with Gasteiger partial charge in [-0.1, -0.05) is 18.2 Å². The molecule has 3 heteroatoms. The van der Waals surface area contributed by atoms with Crippen LogP contribution in [-0.2, 0) is 4.79 Å². The van der Waals surface area contributed by atoms with E-state index in [2.05, 4.69) is 0 Å². The molecule has 0 heterocycles. The van der Waals surface area contributed by atoms with Gasteiger partial charge in [0.15, 0.2) is 0 Å². The third-order valence-electron chi connectivity index (χ3n) is 1.54. The van der Waals surface area contributed by atoms with Gasteiger partial charge in [-0.15, -0.1) is 11.8 Å². The topological polar surface area (TPSA) is 37.3 Å². The zero-order valence-electron chi connectivity index (χ0n) is 7.23. The van der Waals surface area contributed by atoms with Crippen molar-refractivity contribution in [2.24, 2.45) is 0 Å². The Hall–Kier alpha value is -1.22. The second kappa shape index (κ2) is 4.72. The van der Waals surface area contributed by atoms with Crippen LogP contribution in [-0.4, -0.2) is 17.3 Å². The minimum Gasteiger partial charge on any atom is -0.478 e. The molecular weight excluding hydrogens is 184 g/mol. The van der Waals surface area contributed by atoms with Gasteiger partial charge < -0.3 is 5.11 Å². The number of benzene rings is 1. The Bertz CT molecular complexity index is 331. The molecule has 0 bridgehead atoms. The minimum absolute atomic E-state index is 0.920. The molecule has 0 saturated carbocycles. The Morgan fingerprint density at radius 1 is 1.46 bits per heavy atom. The highest BCUT2D eigenvalue weighted by Gasteiger charge is 1.96. The van der Waals surface area contributed by atoms with Crippen molar-refractivity contribution in [3.8, 4) is 0 Å². The van der Waals surface area contributed by atoms with Crippen LogP contribution >= 0.6 is 11.8 Å². The minimum atomic E-state index is -0.920. The molecule has 0 aliphatic rings. The van der Waals surface area contributed by atoms with Crippen LogP contribution < -0.4 is 0 Å². The molecule has 1 rings (SSSR count). The lowest BCUT2D eigenvalue weighted by atomic mass is 10.2. The van der Waals surface area contributed by atoms with E-state index in [0.717, 1.165) is 16.5 Å². The van der Waals surface area contributed by atoms with Crippen LogP contribution in [0.4, 0.5) is 0 Å². The normalized spacial score (nSPS) is 10.5. The zero-order chi connectivity index (χ0) is 9.68. The molecule has 0 fully saturated rings. The molecule has 0 aliphatic carbocycles. The molecule has 1 N–H and O–H groups in total. The van der Waals surface area contributed by atoms with Crippen molar-refractivity contribution in [3.63, 3.8) is 0 Å². The van der Waals surface area contributed by atoms with Crippen molar-refractivity contribution in [1.82, 2.24) is 0 Å². The lowest BCUT2D eigenvalue weighted by Gasteiger charge is -2.00. The van der Waals surface area contributed by atoms with E-state index >= 15 is 0 Å². The molecule has 0 unspecified atom stereocenters. The summed E-state index contributed by atoms with van der Waals surface area (Å²) in [6.45, 7) is 0. The number of thioether (sulfide) groups is 1. The number of rotatable bonds is 3. The van der Waals surface area contributed by atoms with E-state index in [1.165, 1.54) is 0 Å². The molecule has 0 saturated heterocycles. The first-order valence-electron chi connectivity index (χ1n) is 3.78. The molecular formula is C10H10O2S. The number of aliphatic carboxylic acids is 1. The summed E-state index contributed by atoms with van der Waals surface area (Å²) in [5.74, 6) is -0.920. The van der Waals surface area contributed by atoms with Crippen molar-refractivity contribution in [2.45, 2.75) is 4.90 Å². The summed E-state index contributed by atoms with van der Waals surface area (Å²) in [5.41, 5.74) is 0.942. The van der Waals surface area contributed by atoms with Gasteiger partial charge in [0, 0.05) is 11.0 Å². The number of hydrogen-bond donors (Lipinski definition) is 1. The Morgan fingerprint density at radius 3 is 2.77 bits per heavy atom. The first-order valence-corrected chi connectivity index (χ1v) is 5.00. The predicted octanol–water partition coefficient (Wildman–Crippen LogP) is 2.51. The fourth-order valence-electron chi connectivity index (χ4n) is 0.965. The Kier molecular flexibility index (Phi) is 3.58. The molecule has 13 heavy (non-hydrogen) atoms. The molecule has 0 spiro atoms. The Morgan fingerprint density at radius 2 is 2.15 bits per heavy atom. The van der Waals surface area contributed by atoms with Crippen molar-refractivity contribution in [2.75, 3.05) is 6.26 Å².